The molecule has 2 unspecified atom stereocenters. The number of carbonyl (C=O) groups is 2. The molecule has 0 bridgehead atoms. The van der Waals surface area contributed by atoms with Gasteiger partial charge in [-0.1, -0.05) is 57.2 Å². The molecule has 1 amide bonds. The Morgan fingerprint density at radius 2 is 1.88 bits per heavy atom. The molecule has 2 aromatic heterocycles. The third-order valence-electron chi connectivity index (χ3n) is 5.82. The number of nitrogens with one attached hydrogen (secondary N) is 3. The van der Waals surface area contributed by atoms with E-state index in [1.165, 1.54) is 5.56 Å². The number of aromatic amines is 1. The fraction of sp³-hybridized carbons (Fsp3) is 0.346. The summed E-state index contributed by atoms with van der Waals surface area (Å²) >= 11 is 0. The van der Waals surface area contributed by atoms with E-state index in [9.17, 15) is 9.59 Å². The van der Waals surface area contributed by atoms with E-state index in [0.29, 0.717) is 16.9 Å². The number of pyridine rings is 1. The zero-order valence-corrected chi connectivity index (χ0v) is 19.0. The molecule has 1 aliphatic rings. The minimum atomic E-state index is -0.313. The number of fused-ring (bicyclic) bond motifs is 1. The standard InChI is InChI=1S/C24H26N4O2.C2H6/c1-16-18(14-25-13-17-7-3-2-4-8-17)10-11-20-22(23(16)29)19(15-27-20)24(30)28-21-9-5-6-12-26-21;1-2/h2-9,12,15-16,18,25,27H,10-11,13-14H2,1H3,(H,26,28,30);1-2H3. The first-order valence-corrected chi connectivity index (χ1v) is 11.3. The summed E-state index contributed by atoms with van der Waals surface area (Å²) < 4.78 is 0. The fourth-order valence-electron chi connectivity index (χ4n) is 4.04. The number of amides is 1. The normalized spacial score (nSPS) is 17.5. The molecule has 3 aromatic rings. The average Bonchev–Trinajstić information content (AvgIpc) is 3.22. The Labute approximate surface area is 189 Å². The van der Waals surface area contributed by atoms with Gasteiger partial charge in [-0.05, 0) is 43.0 Å². The number of ketones is 1. The number of hydrogen-bond acceptors (Lipinski definition) is 4. The Morgan fingerprint density at radius 1 is 1.12 bits per heavy atom. The van der Waals surface area contributed by atoms with Gasteiger partial charge in [-0.15, -0.1) is 0 Å². The highest BCUT2D eigenvalue weighted by molar-refractivity contribution is 6.13. The summed E-state index contributed by atoms with van der Waals surface area (Å²) in [5, 5.41) is 6.27. The van der Waals surface area contributed by atoms with E-state index >= 15 is 0 Å². The molecule has 168 valence electrons. The maximum atomic E-state index is 13.3. The third-order valence-corrected chi connectivity index (χ3v) is 5.82. The van der Waals surface area contributed by atoms with E-state index in [1.807, 2.05) is 39.0 Å². The lowest BCUT2D eigenvalue weighted by Crippen LogP contribution is -2.30. The minimum absolute atomic E-state index is 0.0291. The highest BCUT2D eigenvalue weighted by Gasteiger charge is 2.34. The van der Waals surface area contributed by atoms with Gasteiger partial charge >= 0.3 is 0 Å². The van der Waals surface area contributed by atoms with Crippen LogP contribution in [-0.4, -0.2) is 28.2 Å². The van der Waals surface area contributed by atoms with Crippen LogP contribution in [0, 0.1) is 11.8 Å². The lowest BCUT2D eigenvalue weighted by atomic mass is 9.86. The van der Waals surface area contributed by atoms with Gasteiger partial charge in [-0.25, -0.2) is 4.98 Å². The van der Waals surface area contributed by atoms with Gasteiger partial charge in [0.25, 0.3) is 5.91 Å². The van der Waals surface area contributed by atoms with E-state index < -0.39 is 0 Å². The van der Waals surface area contributed by atoms with Gasteiger partial charge in [-0.2, -0.15) is 0 Å². The van der Waals surface area contributed by atoms with Gasteiger partial charge in [0.2, 0.25) is 0 Å². The largest absolute Gasteiger partial charge is 0.364 e. The molecule has 2 heterocycles. The summed E-state index contributed by atoms with van der Waals surface area (Å²) in [5.74, 6) is 0.240. The van der Waals surface area contributed by atoms with Crippen LogP contribution < -0.4 is 10.6 Å². The summed E-state index contributed by atoms with van der Waals surface area (Å²) in [6.45, 7) is 7.52. The molecular formula is C26H32N4O2. The van der Waals surface area contributed by atoms with Crippen LogP contribution in [0.5, 0.6) is 0 Å². The van der Waals surface area contributed by atoms with Gasteiger partial charge in [-0.3, -0.25) is 9.59 Å². The number of anilines is 1. The van der Waals surface area contributed by atoms with Gasteiger partial charge in [0.15, 0.2) is 5.78 Å². The second-order valence-corrected chi connectivity index (χ2v) is 7.79. The van der Waals surface area contributed by atoms with Gasteiger partial charge in [0.05, 0.1) is 11.1 Å². The first-order valence-electron chi connectivity index (χ1n) is 11.3. The topological polar surface area (TPSA) is 86.9 Å². The highest BCUT2D eigenvalue weighted by Crippen LogP contribution is 2.31. The Hall–Kier alpha value is -3.25. The predicted molar refractivity (Wildman–Crippen MR) is 128 cm³/mol. The highest BCUT2D eigenvalue weighted by atomic mass is 16.2. The average molecular weight is 433 g/mol. The summed E-state index contributed by atoms with van der Waals surface area (Å²) in [6, 6.07) is 15.6. The quantitative estimate of drug-likeness (QED) is 0.486. The number of aryl methyl sites for hydroxylation is 1. The smallest absolute Gasteiger partial charge is 0.259 e. The molecule has 1 aromatic carbocycles. The number of aromatic nitrogens is 2. The van der Waals surface area contributed by atoms with Gasteiger partial charge in [0.1, 0.15) is 5.82 Å². The van der Waals surface area contributed by atoms with Gasteiger partial charge in [0, 0.05) is 30.6 Å². The molecule has 0 fully saturated rings. The number of rotatable bonds is 6. The SMILES string of the molecule is CC.CC1C(=O)c2c(C(=O)Nc3ccccn3)c[nH]c2CCC1CNCc1ccccc1. The molecule has 6 heteroatoms. The molecule has 0 spiro atoms. The zero-order chi connectivity index (χ0) is 22.9. The number of hydrogen-bond donors (Lipinski definition) is 3. The summed E-state index contributed by atoms with van der Waals surface area (Å²) in [5.41, 5.74) is 3.00. The van der Waals surface area contributed by atoms with Crippen molar-refractivity contribution in [2.24, 2.45) is 11.8 Å². The summed E-state index contributed by atoms with van der Waals surface area (Å²) in [6.07, 6.45) is 4.90. The molecule has 3 N–H and O–H groups in total. The second-order valence-electron chi connectivity index (χ2n) is 7.79. The van der Waals surface area contributed by atoms with Crippen LogP contribution >= 0.6 is 0 Å². The van der Waals surface area contributed by atoms with Crippen molar-refractivity contribution in [3.05, 3.63) is 83.3 Å². The van der Waals surface area contributed by atoms with E-state index in [-0.39, 0.29) is 23.5 Å². The number of benzene rings is 1. The van der Waals surface area contributed by atoms with Crippen LogP contribution in [-0.2, 0) is 13.0 Å². The Bertz CT molecular complexity index is 1010. The van der Waals surface area contributed by atoms with Crippen molar-refractivity contribution in [2.75, 3.05) is 11.9 Å². The lowest BCUT2D eigenvalue weighted by molar-refractivity contribution is 0.0881. The van der Waals surface area contributed by atoms with Crippen LogP contribution in [0.4, 0.5) is 5.82 Å². The number of H-pyrrole nitrogens is 1. The van der Waals surface area contributed by atoms with Crippen molar-refractivity contribution in [1.29, 1.82) is 0 Å². The molecule has 4 rings (SSSR count). The minimum Gasteiger partial charge on any atom is -0.364 e. The molecule has 0 saturated heterocycles. The fourth-order valence-corrected chi connectivity index (χ4v) is 4.04. The molecule has 0 saturated carbocycles. The molecular weight excluding hydrogens is 400 g/mol. The molecule has 0 aliphatic heterocycles. The van der Waals surface area contributed by atoms with Crippen molar-refractivity contribution in [1.82, 2.24) is 15.3 Å². The van der Waals surface area contributed by atoms with E-state index in [1.54, 1.807) is 30.6 Å². The number of nitrogens with zero attached hydrogens (tertiary/aromatic N) is 1. The Kier molecular flexibility index (Phi) is 8.34. The summed E-state index contributed by atoms with van der Waals surface area (Å²) in [4.78, 5) is 33.4. The van der Waals surface area contributed by atoms with E-state index in [4.69, 9.17) is 0 Å². The van der Waals surface area contributed by atoms with Crippen LogP contribution in [0.2, 0.25) is 0 Å². The van der Waals surface area contributed by atoms with Crippen molar-refractivity contribution in [3.63, 3.8) is 0 Å². The van der Waals surface area contributed by atoms with Crippen molar-refractivity contribution >= 4 is 17.5 Å². The number of Topliss-reactive ketones (excluding diaryl/α,β-unsaturated/α-hetero) is 1. The molecule has 0 radical (unpaired) electrons. The first kappa shape index (κ1) is 23.4. The van der Waals surface area contributed by atoms with Crippen LogP contribution in [0.25, 0.3) is 0 Å². The van der Waals surface area contributed by atoms with Gasteiger partial charge < -0.3 is 15.6 Å². The summed E-state index contributed by atoms with van der Waals surface area (Å²) in [7, 11) is 0. The van der Waals surface area contributed by atoms with Crippen LogP contribution in [0.1, 0.15) is 59.2 Å². The van der Waals surface area contributed by atoms with E-state index in [0.717, 1.165) is 31.6 Å². The maximum absolute atomic E-state index is 13.3. The third kappa shape index (κ3) is 5.51. The molecule has 1 aliphatic carbocycles. The number of carbonyl (C=O) groups excluding carboxylic acids is 2. The van der Waals surface area contributed by atoms with Crippen molar-refractivity contribution < 1.29 is 9.59 Å². The molecule has 2 atom stereocenters. The lowest BCUT2D eigenvalue weighted by Gasteiger charge is -2.21. The predicted octanol–water partition coefficient (Wildman–Crippen LogP) is 4.86. The van der Waals surface area contributed by atoms with Crippen LogP contribution in [0.15, 0.2) is 60.9 Å². The van der Waals surface area contributed by atoms with Crippen molar-refractivity contribution in [2.45, 2.75) is 40.2 Å². The van der Waals surface area contributed by atoms with Crippen LogP contribution in [0.3, 0.4) is 0 Å². The monoisotopic (exact) mass is 432 g/mol. The maximum Gasteiger partial charge on any atom is 0.259 e. The Morgan fingerprint density at radius 3 is 2.59 bits per heavy atom. The molecule has 32 heavy (non-hydrogen) atoms. The van der Waals surface area contributed by atoms with E-state index in [2.05, 4.69) is 32.7 Å². The van der Waals surface area contributed by atoms with Crippen molar-refractivity contribution in [3.8, 4) is 0 Å². The zero-order valence-electron chi connectivity index (χ0n) is 19.0. The Balaban J connectivity index is 0.00000141. The molecule has 6 nitrogen and oxygen atoms in total. The second kappa shape index (κ2) is 11.4. The first-order chi connectivity index (χ1) is 15.6.